The first-order valence-electron chi connectivity index (χ1n) is 6.00. The molecule has 0 saturated heterocycles. The van der Waals surface area contributed by atoms with Crippen molar-refractivity contribution in [2.75, 3.05) is 5.32 Å². The lowest BCUT2D eigenvalue weighted by Gasteiger charge is -2.14. The number of hydrogen-bond donors (Lipinski definition) is 2. The molecule has 1 aliphatic rings. The molecule has 0 amide bonds. The highest BCUT2D eigenvalue weighted by Gasteiger charge is 2.24. The zero-order valence-electron chi connectivity index (χ0n) is 9.82. The molecule has 1 aliphatic carbocycles. The Balaban J connectivity index is 1.77. The monoisotopic (exact) mass is 279 g/mol. The van der Waals surface area contributed by atoms with Crippen LogP contribution >= 0.6 is 22.9 Å². The molecule has 0 spiro atoms. The number of aryl methyl sites for hydroxylation is 1. The molecular formula is C14H14ClNOS. The number of aliphatic hydroxyl groups is 1. The lowest BCUT2D eigenvalue weighted by molar-refractivity contribution is 0.282. The molecule has 2 nitrogen and oxygen atoms in total. The van der Waals surface area contributed by atoms with E-state index < -0.39 is 0 Å². The summed E-state index contributed by atoms with van der Waals surface area (Å²) in [4.78, 5) is 1.41. The fraction of sp³-hybridized carbons (Fsp3) is 0.286. The summed E-state index contributed by atoms with van der Waals surface area (Å²) >= 11 is 7.74. The summed E-state index contributed by atoms with van der Waals surface area (Å²) in [5, 5.41) is 12.5. The van der Waals surface area contributed by atoms with E-state index in [2.05, 4.69) is 11.4 Å². The number of nitrogens with one attached hydrogen (secondary N) is 1. The molecule has 1 atom stereocenters. The lowest BCUT2D eigenvalue weighted by Crippen LogP contribution is -2.06. The number of hydrogen-bond acceptors (Lipinski definition) is 3. The van der Waals surface area contributed by atoms with E-state index in [1.165, 1.54) is 10.4 Å². The van der Waals surface area contributed by atoms with Gasteiger partial charge < -0.3 is 10.4 Å². The lowest BCUT2D eigenvalue weighted by atomic mass is 10.1. The van der Waals surface area contributed by atoms with Crippen molar-refractivity contribution in [3.05, 3.63) is 50.7 Å². The highest BCUT2D eigenvalue weighted by Crippen LogP contribution is 2.40. The van der Waals surface area contributed by atoms with Crippen molar-refractivity contribution in [3.63, 3.8) is 0 Å². The summed E-state index contributed by atoms with van der Waals surface area (Å²) in [7, 11) is 0. The van der Waals surface area contributed by atoms with Crippen molar-refractivity contribution in [2.24, 2.45) is 0 Å². The summed E-state index contributed by atoms with van der Waals surface area (Å²) in [5.74, 6) is 0. The van der Waals surface area contributed by atoms with E-state index in [4.69, 9.17) is 16.7 Å². The minimum absolute atomic E-state index is 0.0913. The average molecular weight is 280 g/mol. The van der Waals surface area contributed by atoms with E-state index in [1.54, 1.807) is 11.3 Å². The summed E-state index contributed by atoms with van der Waals surface area (Å²) in [6.07, 6.45) is 2.24. The summed E-state index contributed by atoms with van der Waals surface area (Å²) in [6.45, 7) is 0.0913. The Morgan fingerprint density at radius 1 is 1.33 bits per heavy atom. The second-order valence-electron chi connectivity index (χ2n) is 4.52. The molecule has 1 unspecified atom stereocenters. The van der Waals surface area contributed by atoms with Gasteiger partial charge in [0.2, 0.25) is 0 Å². The molecule has 0 radical (unpaired) electrons. The van der Waals surface area contributed by atoms with E-state index in [1.807, 2.05) is 24.3 Å². The van der Waals surface area contributed by atoms with Gasteiger partial charge in [0.05, 0.1) is 17.0 Å². The third kappa shape index (κ3) is 2.26. The first kappa shape index (κ1) is 12.0. The molecule has 18 heavy (non-hydrogen) atoms. The van der Waals surface area contributed by atoms with Crippen LogP contribution in [0.1, 0.15) is 28.5 Å². The van der Waals surface area contributed by atoms with Crippen LogP contribution in [0.5, 0.6) is 0 Å². The molecule has 0 fully saturated rings. The maximum atomic E-state index is 9.01. The fourth-order valence-electron chi connectivity index (χ4n) is 2.39. The van der Waals surface area contributed by atoms with Crippen LogP contribution in [0.4, 0.5) is 5.69 Å². The molecular weight excluding hydrogens is 266 g/mol. The Hall–Kier alpha value is -1.03. The van der Waals surface area contributed by atoms with Gasteiger partial charge in [-0.25, -0.2) is 0 Å². The number of thiophene rings is 1. The van der Waals surface area contributed by atoms with Gasteiger partial charge in [-0.15, -0.1) is 11.3 Å². The molecule has 0 bridgehead atoms. The molecule has 94 valence electrons. The fourth-order valence-corrected chi connectivity index (χ4v) is 3.74. The van der Waals surface area contributed by atoms with Gasteiger partial charge in [-0.1, -0.05) is 23.7 Å². The number of fused-ring (bicyclic) bond motifs is 1. The topological polar surface area (TPSA) is 32.3 Å². The highest BCUT2D eigenvalue weighted by molar-refractivity contribution is 7.16. The second-order valence-corrected chi connectivity index (χ2v) is 6.29. The number of anilines is 1. The Labute approximate surface area is 115 Å². The minimum Gasteiger partial charge on any atom is -0.392 e. The van der Waals surface area contributed by atoms with Crippen molar-refractivity contribution in [3.8, 4) is 0 Å². The van der Waals surface area contributed by atoms with E-state index in [0.29, 0.717) is 6.04 Å². The van der Waals surface area contributed by atoms with Crippen LogP contribution in [0.15, 0.2) is 30.3 Å². The van der Waals surface area contributed by atoms with Crippen molar-refractivity contribution in [1.82, 2.24) is 0 Å². The number of aliphatic hydroxyl groups excluding tert-OH is 1. The normalized spacial score (nSPS) is 17.8. The standard InChI is InChI=1S/C14H14ClNOS/c15-14-7-11-12(5-6-13(11)18-14)16-10-3-1-9(8-17)2-4-10/h1-4,7,12,16-17H,5-6,8H2. The van der Waals surface area contributed by atoms with E-state index >= 15 is 0 Å². The van der Waals surface area contributed by atoms with Crippen LogP contribution in [0, 0.1) is 0 Å². The predicted octanol–water partition coefficient (Wildman–Crippen LogP) is 3.99. The molecule has 1 aromatic carbocycles. The molecule has 3 rings (SSSR count). The zero-order valence-corrected chi connectivity index (χ0v) is 11.4. The van der Waals surface area contributed by atoms with Crippen molar-refractivity contribution < 1.29 is 5.11 Å². The van der Waals surface area contributed by atoms with Gasteiger partial charge in [-0.3, -0.25) is 0 Å². The summed E-state index contributed by atoms with van der Waals surface area (Å²) < 4.78 is 0.877. The molecule has 0 aliphatic heterocycles. The number of halogens is 1. The second kappa shape index (κ2) is 4.92. The molecule has 0 saturated carbocycles. The van der Waals surface area contributed by atoms with Crippen molar-refractivity contribution in [1.29, 1.82) is 0 Å². The summed E-state index contributed by atoms with van der Waals surface area (Å²) in [6, 6.07) is 10.4. The number of rotatable bonds is 3. The molecule has 4 heteroatoms. The van der Waals surface area contributed by atoms with Crippen LogP contribution < -0.4 is 5.32 Å². The average Bonchev–Trinajstić information content (AvgIpc) is 2.91. The Morgan fingerprint density at radius 3 is 2.83 bits per heavy atom. The van der Waals surface area contributed by atoms with Gasteiger partial charge in [0, 0.05) is 10.6 Å². The van der Waals surface area contributed by atoms with Crippen LogP contribution in [-0.2, 0) is 13.0 Å². The molecule has 2 aromatic rings. The number of benzene rings is 1. The van der Waals surface area contributed by atoms with Crippen LogP contribution in [0.2, 0.25) is 4.34 Å². The third-order valence-corrected chi connectivity index (χ3v) is 4.66. The highest BCUT2D eigenvalue weighted by atomic mass is 35.5. The first-order chi connectivity index (χ1) is 8.76. The quantitative estimate of drug-likeness (QED) is 0.890. The van der Waals surface area contributed by atoms with Gasteiger partial charge in [0.1, 0.15) is 0 Å². The molecule has 1 heterocycles. The van der Waals surface area contributed by atoms with Crippen molar-refractivity contribution in [2.45, 2.75) is 25.5 Å². The van der Waals surface area contributed by atoms with Gasteiger partial charge in [0.15, 0.2) is 0 Å². The van der Waals surface area contributed by atoms with E-state index in [0.717, 1.165) is 28.4 Å². The first-order valence-corrected chi connectivity index (χ1v) is 7.20. The maximum Gasteiger partial charge on any atom is 0.0934 e. The van der Waals surface area contributed by atoms with Crippen LogP contribution in [0.3, 0.4) is 0 Å². The van der Waals surface area contributed by atoms with Crippen LogP contribution in [0.25, 0.3) is 0 Å². The van der Waals surface area contributed by atoms with Gasteiger partial charge >= 0.3 is 0 Å². The van der Waals surface area contributed by atoms with E-state index in [9.17, 15) is 0 Å². The third-order valence-electron chi connectivity index (χ3n) is 3.32. The maximum absolute atomic E-state index is 9.01. The van der Waals surface area contributed by atoms with Gasteiger partial charge in [-0.2, -0.15) is 0 Å². The van der Waals surface area contributed by atoms with E-state index in [-0.39, 0.29) is 6.61 Å². The zero-order chi connectivity index (χ0) is 12.5. The Bertz CT molecular complexity index is 549. The van der Waals surface area contributed by atoms with Gasteiger partial charge in [0.25, 0.3) is 0 Å². The minimum atomic E-state index is 0.0913. The van der Waals surface area contributed by atoms with Gasteiger partial charge in [-0.05, 0) is 42.2 Å². The molecule has 1 aromatic heterocycles. The summed E-state index contributed by atoms with van der Waals surface area (Å²) in [5.41, 5.74) is 3.37. The Kier molecular flexibility index (Phi) is 3.29. The van der Waals surface area contributed by atoms with Crippen LogP contribution in [-0.4, -0.2) is 5.11 Å². The van der Waals surface area contributed by atoms with Crippen molar-refractivity contribution >= 4 is 28.6 Å². The predicted molar refractivity (Wildman–Crippen MR) is 76.4 cm³/mol. The smallest absolute Gasteiger partial charge is 0.0934 e. The SMILES string of the molecule is OCc1ccc(NC2CCc3sc(Cl)cc32)cc1. The largest absolute Gasteiger partial charge is 0.392 e. The Morgan fingerprint density at radius 2 is 2.11 bits per heavy atom. The molecule has 2 N–H and O–H groups in total.